The van der Waals surface area contributed by atoms with Crippen LogP contribution in [-0.4, -0.2) is 40.3 Å². The predicted molar refractivity (Wildman–Crippen MR) is 79.6 cm³/mol. The molecule has 2 heterocycles. The van der Waals surface area contributed by atoms with Crippen LogP contribution in [0.5, 0.6) is 5.88 Å². The zero-order valence-corrected chi connectivity index (χ0v) is 12.0. The number of aromatic nitrogens is 2. The van der Waals surface area contributed by atoms with Crippen LogP contribution in [-0.2, 0) is 0 Å². The molecule has 1 aromatic rings. The van der Waals surface area contributed by atoms with Gasteiger partial charge in [0, 0.05) is 19.9 Å². The number of unbranched alkanes of at least 4 members (excludes halogenated alkanes) is 1. The van der Waals surface area contributed by atoms with Gasteiger partial charge in [-0.1, -0.05) is 32.3 Å². The van der Waals surface area contributed by atoms with Crippen LogP contribution >= 0.6 is 11.7 Å². The zero-order chi connectivity index (χ0) is 17.8. The second kappa shape index (κ2) is 7.60. The van der Waals surface area contributed by atoms with Crippen molar-refractivity contribution >= 4 is 17.3 Å². The fraction of sp³-hybridized carbons (Fsp3) is 0.714. The van der Waals surface area contributed by atoms with E-state index in [-0.39, 0.29) is 13.2 Å². The first-order chi connectivity index (χ1) is 11.2. The highest BCUT2D eigenvalue weighted by Gasteiger charge is 2.18. The maximum atomic E-state index is 7.96. The van der Waals surface area contributed by atoms with Gasteiger partial charge in [0.15, 0.2) is 0 Å². The van der Waals surface area contributed by atoms with Gasteiger partial charge in [-0.3, -0.25) is 0 Å². The molecule has 0 N–H and O–H groups in total. The molecule has 0 aliphatic carbocycles. The van der Waals surface area contributed by atoms with Crippen molar-refractivity contribution in [3.63, 3.8) is 0 Å². The summed E-state index contributed by atoms with van der Waals surface area (Å²) in [5, 5.41) is 0. The monoisotopic (exact) mass is 286 g/mol. The quantitative estimate of drug-likeness (QED) is 0.771. The minimum absolute atomic E-state index is 0.0817. The van der Waals surface area contributed by atoms with E-state index in [9.17, 15) is 0 Å². The number of hydrogen-bond acceptors (Lipinski definition) is 5. The molecule has 0 radical (unpaired) electrons. The molecule has 19 heavy (non-hydrogen) atoms. The van der Waals surface area contributed by atoms with E-state index in [1.165, 1.54) is 4.90 Å². The van der Waals surface area contributed by atoms with Crippen LogP contribution in [0.25, 0.3) is 5.57 Å². The third-order valence-electron chi connectivity index (χ3n) is 2.93. The van der Waals surface area contributed by atoms with Crippen LogP contribution in [0.15, 0.2) is 6.08 Å². The molecule has 0 spiro atoms. The first-order valence-electron chi connectivity index (χ1n) is 9.13. The van der Waals surface area contributed by atoms with Crippen LogP contribution in [0.2, 0.25) is 0 Å². The van der Waals surface area contributed by atoms with Crippen molar-refractivity contribution in [3.05, 3.63) is 11.8 Å². The van der Waals surface area contributed by atoms with Crippen LogP contribution in [0.3, 0.4) is 0 Å². The van der Waals surface area contributed by atoms with Crippen molar-refractivity contribution in [3.8, 4) is 5.88 Å². The Kier molecular flexibility index (Phi) is 3.63. The summed E-state index contributed by atoms with van der Waals surface area (Å²) in [6, 6.07) is 0. The van der Waals surface area contributed by atoms with Gasteiger partial charge in [-0.15, -0.1) is 4.37 Å². The molecule has 0 fully saturated rings. The second-order valence-corrected chi connectivity index (χ2v) is 5.03. The van der Waals surface area contributed by atoms with E-state index in [0.717, 1.165) is 30.1 Å². The van der Waals surface area contributed by atoms with Crippen LogP contribution in [0.4, 0.5) is 0 Å². The molecule has 0 atom stereocenters. The summed E-state index contributed by atoms with van der Waals surface area (Å²) in [5.74, 6) is 0.291. The molecule has 0 saturated heterocycles. The van der Waals surface area contributed by atoms with Crippen LogP contribution in [0.1, 0.15) is 51.5 Å². The third kappa shape index (κ3) is 4.28. The second-order valence-electron chi connectivity index (χ2n) is 4.50. The van der Waals surface area contributed by atoms with Crippen LogP contribution in [0, 0.1) is 0 Å². The lowest BCUT2D eigenvalue weighted by Crippen LogP contribution is -2.25. The van der Waals surface area contributed by atoms with Gasteiger partial charge in [-0.25, -0.2) is 0 Å². The topological polar surface area (TPSA) is 38.3 Å². The first kappa shape index (κ1) is 9.08. The average molecular weight is 286 g/mol. The Morgan fingerprint density at radius 2 is 2.47 bits per heavy atom. The Morgan fingerprint density at radius 1 is 1.53 bits per heavy atom. The van der Waals surface area contributed by atoms with Crippen molar-refractivity contribution in [1.29, 1.82) is 0 Å². The third-order valence-corrected chi connectivity index (χ3v) is 3.44. The molecule has 1 aliphatic heterocycles. The summed E-state index contributed by atoms with van der Waals surface area (Å²) in [6.45, 7) is 0.545. The Morgan fingerprint density at radius 3 is 3.32 bits per heavy atom. The van der Waals surface area contributed by atoms with Crippen molar-refractivity contribution in [1.82, 2.24) is 13.6 Å². The number of hydrogen-bond donors (Lipinski definition) is 0. The molecule has 0 bridgehead atoms. The number of ether oxygens (including phenoxy) is 1. The smallest absolute Gasteiger partial charge is 0.253 e. The summed E-state index contributed by atoms with van der Waals surface area (Å²) in [4.78, 5) is 1.42. The highest BCUT2D eigenvalue weighted by molar-refractivity contribution is 6.99. The van der Waals surface area contributed by atoms with E-state index in [1.54, 1.807) is 0 Å². The maximum absolute atomic E-state index is 7.96. The van der Waals surface area contributed by atoms with Gasteiger partial charge in [0.25, 0.3) is 5.88 Å². The number of nitrogens with zero attached hydrogens (tertiary/aromatic N) is 3. The summed E-state index contributed by atoms with van der Waals surface area (Å²) in [5.41, 5.74) is 1.30. The summed E-state index contributed by atoms with van der Waals surface area (Å²) in [7, 11) is 0. The van der Waals surface area contributed by atoms with E-state index in [0.29, 0.717) is 31.0 Å². The Balaban J connectivity index is 2.04. The summed E-state index contributed by atoms with van der Waals surface area (Å²) in [6.07, 6.45) is 3.34. The summed E-state index contributed by atoms with van der Waals surface area (Å²) < 4.78 is 52.4. The molecule has 1 aromatic heterocycles. The largest absolute Gasteiger partial charge is 0.475 e. The lowest BCUT2D eigenvalue weighted by Gasteiger charge is -2.22. The van der Waals surface area contributed by atoms with E-state index in [1.807, 2.05) is 13.0 Å². The lowest BCUT2D eigenvalue weighted by molar-refractivity contribution is 0.294. The molecule has 5 heteroatoms. The fourth-order valence-corrected chi connectivity index (χ4v) is 2.41. The van der Waals surface area contributed by atoms with Crippen molar-refractivity contribution in [2.75, 3.05) is 26.7 Å². The van der Waals surface area contributed by atoms with Crippen molar-refractivity contribution in [2.24, 2.45) is 0 Å². The van der Waals surface area contributed by atoms with Gasteiger partial charge in [0.2, 0.25) is 0 Å². The van der Waals surface area contributed by atoms with Gasteiger partial charge in [0.05, 0.1) is 18.3 Å². The molecule has 0 unspecified atom stereocenters. The van der Waals surface area contributed by atoms with E-state index in [4.69, 9.17) is 11.6 Å². The minimum Gasteiger partial charge on any atom is -0.475 e. The normalized spacial score (nSPS) is 21.7. The highest BCUT2D eigenvalue weighted by atomic mass is 32.1. The molecule has 0 saturated carbocycles. The average Bonchev–Trinajstić information content (AvgIpc) is 2.99. The van der Waals surface area contributed by atoms with Gasteiger partial charge >= 0.3 is 0 Å². The number of rotatable bonds is 7. The summed E-state index contributed by atoms with van der Waals surface area (Å²) >= 11 is 0.990. The SMILES string of the molecule is [2H]C([2H])(CCCC)COc1nsnc1C1=CCCN(C([2H])([2H])[2H])C1. The van der Waals surface area contributed by atoms with E-state index >= 15 is 0 Å². The van der Waals surface area contributed by atoms with E-state index in [2.05, 4.69) is 8.75 Å². The first-order valence-corrected chi connectivity index (χ1v) is 7.36. The van der Waals surface area contributed by atoms with Crippen LogP contribution < -0.4 is 4.74 Å². The molecular formula is C14H23N3OS. The molecule has 106 valence electrons. The van der Waals surface area contributed by atoms with Crippen molar-refractivity contribution < 1.29 is 11.6 Å². The van der Waals surface area contributed by atoms with Gasteiger partial charge in [-0.05, 0) is 25.3 Å². The Bertz CT molecular complexity index is 573. The molecule has 1 aliphatic rings. The van der Waals surface area contributed by atoms with Gasteiger partial charge < -0.3 is 9.64 Å². The Hall–Kier alpha value is -0.940. The minimum atomic E-state index is -2.14. The zero-order valence-electron chi connectivity index (χ0n) is 16.2. The van der Waals surface area contributed by atoms with Gasteiger partial charge in [-0.2, -0.15) is 4.37 Å². The fourth-order valence-electron chi connectivity index (χ4n) is 1.88. The number of likely N-dealkylation sites (N-methyl/N-ethyl adjacent to an activating group) is 1. The molecule has 0 aromatic carbocycles. The molecule has 4 nitrogen and oxygen atoms in total. The Labute approximate surface area is 126 Å². The molecule has 2 rings (SSSR count). The molecule has 0 amide bonds. The highest BCUT2D eigenvalue weighted by Crippen LogP contribution is 2.27. The predicted octanol–water partition coefficient (Wildman–Crippen LogP) is 3.22. The van der Waals surface area contributed by atoms with Crippen molar-refractivity contribution in [2.45, 2.75) is 39.0 Å². The maximum Gasteiger partial charge on any atom is 0.253 e. The van der Waals surface area contributed by atoms with Gasteiger partial charge in [0.1, 0.15) is 5.69 Å². The standard InChI is InChI=1S/C14H23N3OS/c1-3-4-5-6-10-18-14-13(15-19-16-14)12-8-7-9-17(2)11-12/h8H,3-7,9-11H2,1-2H3/i2D3,6D2. The molecular weight excluding hydrogens is 258 g/mol. The lowest BCUT2D eigenvalue weighted by atomic mass is 10.1. The van der Waals surface area contributed by atoms with E-state index < -0.39 is 13.3 Å².